The van der Waals surface area contributed by atoms with Gasteiger partial charge in [-0.05, 0) is 99.2 Å². The number of amidine groups is 1. The van der Waals surface area contributed by atoms with Gasteiger partial charge in [-0.15, -0.1) is 0 Å². The molecule has 1 unspecified atom stereocenters. The number of carbonyl (C=O) groups is 2. The minimum Gasteiger partial charge on any atom is -0.478 e. The van der Waals surface area contributed by atoms with Gasteiger partial charge in [-0.3, -0.25) is 4.79 Å². The third-order valence-electron chi connectivity index (χ3n) is 9.28. The minimum atomic E-state index is -0.929. The van der Waals surface area contributed by atoms with Crippen LogP contribution in [0.2, 0.25) is 0 Å². The van der Waals surface area contributed by atoms with E-state index >= 15 is 0 Å². The van der Waals surface area contributed by atoms with Crippen molar-refractivity contribution in [2.75, 3.05) is 6.54 Å². The summed E-state index contributed by atoms with van der Waals surface area (Å²) in [6.45, 7) is 16.8. The van der Waals surface area contributed by atoms with Crippen LogP contribution in [0.5, 0.6) is 0 Å². The first-order chi connectivity index (χ1) is 17.7. The Morgan fingerprint density at radius 2 is 1.68 bits per heavy atom. The predicted octanol–water partition coefficient (Wildman–Crippen LogP) is 7.30. The lowest BCUT2D eigenvalue weighted by Crippen LogP contribution is -2.53. The number of rotatable bonds is 5. The molecule has 6 heteroatoms. The summed E-state index contributed by atoms with van der Waals surface area (Å²) in [6, 6.07) is 7.37. The Kier molecular flexibility index (Phi) is 8.03. The molecule has 4 rings (SSSR count). The molecule has 1 aliphatic carbocycles. The minimum absolute atomic E-state index is 0.0641. The molecule has 38 heavy (non-hydrogen) atoms. The first kappa shape index (κ1) is 28.6. The van der Waals surface area contributed by atoms with Crippen LogP contribution in [-0.2, 0) is 4.79 Å². The summed E-state index contributed by atoms with van der Waals surface area (Å²) in [5, 5.41) is 9.48. The van der Waals surface area contributed by atoms with Gasteiger partial charge in [-0.25, -0.2) is 9.79 Å². The van der Waals surface area contributed by atoms with Crippen molar-refractivity contribution in [2.24, 2.45) is 21.7 Å². The van der Waals surface area contributed by atoms with E-state index in [1.54, 1.807) is 12.1 Å². The van der Waals surface area contributed by atoms with Crippen molar-refractivity contribution in [1.29, 1.82) is 0 Å². The zero-order valence-electron chi connectivity index (χ0n) is 24.7. The molecule has 210 valence electrons. The van der Waals surface area contributed by atoms with Crippen molar-refractivity contribution in [3.8, 4) is 0 Å². The average Bonchev–Trinajstić information content (AvgIpc) is 3.10. The Morgan fingerprint density at radius 1 is 1.05 bits per heavy atom. The normalized spacial score (nSPS) is 27.6. The highest BCUT2D eigenvalue weighted by Gasteiger charge is 2.54. The van der Waals surface area contributed by atoms with Crippen molar-refractivity contribution < 1.29 is 14.7 Å². The Morgan fingerprint density at radius 3 is 2.21 bits per heavy atom. The van der Waals surface area contributed by atoms with Crippen molar-refractivity contribution in [1.82, 2.24) is 9.80 Å². The number of carboxylic acids is 1. The second-order valence-corrected chi connectivity index (χ2v) is 14.3. The second-order valence-electron chi connectivity index (χ2n) is 14.3. The van der Waals surface area contributed by atoms with Gasteiger partial charge in [-0.2, -0.15) is 0 Å². The number of aromatic carboxylic acids is 1. The highest BCUT2D eigenvalue weighted by atomic mass is 16.4. The van der Waals surface area contributed by atoms with Crippen molar-refractivity contribution in [2.45, 2.75) is 124 Å². The van der Waals surface area contributed by atoms with Crippen molar-refractivity contribution >= 4 is 17.7 Å². The van der Waals surface area contributed by atoms with Gasteiger partial charge in [-0.1, -0.05) is 53.7 Å². The van der Waals surface area contributed by atoms with Crippen LogP contribution >= 0.6 is 0 Å². The lowest BCUT2D eigenvalue weighted by molar-refractivity contribution is -0.134. The average molecular weight is 524 g/mol. The third kappa shape index (κ3) is 5.94. The Bertz CT molecular complexity index is 1040. The van der Waals surface area contributed by atoms with Crippen LogP contribution < -0.4 is 0 Å². The van der Waals surface area contributed by atoms with E-state index in [1.807, 2.05) is 12.1 Å². The van der Waals surface area contributed by atoms with Crippen LogP contribution in [0.1, 0.15) is 128 Å². The molecule has 2 atom stereocenters. The first-order valence-corrected chi connectivity index (χ1v) is 14.8. The van der Waals surface area contributed by atoms with Gasteiger partial charge in [0.1, 0.15) is 5.66 Å². The van der Waals surface area contributed by atoms with Crippen molar-refractivity contribution in [3.63, 3.8) is 0 Å². The predicted molar refractivity (Wildman–Crippen MR) is 153 cm³/mol. The lowest BCUT2D eigenvalue weighted by Gasteiger charge is -2.47. The molecule has 2 aliphatic heterocycles. The fourth-order valence-corrected chi connectivity index (χ4v) is 6.79. The molecule has 0 radical (unpaired) electrons. The SMILES string of the molecule is CC1CCCCN1C1=NC2(CCC(C(C)(C)C)CC2)N([C@H](CCC(C)(C)C)c2ccc(C(=O)O)cc2)C1=O. The van der Waals surface area contributed by atoms with Crippen LogP contribution in [0.3, 0.4) is 0 Å². The molecule has 1 aromatic rings. The molecule has 1 amide bonds. The second kappa shape index (κ2) is 10.7. The van der Waals surface area contributed by atoms with E-state index in [0.717, 1.165) is 63.5 Å². The number of carbonyl (C=O) groups excluding carboxylic acids is 1. The Labute approximate surface area is 229 Å². The molecule has 1 N–H and O–H groups in total. The molecule has 2 heterocycles. The van der Waals surface area contributed by atoms with E-state index in [2.05, 4.69) is 58.3 Å². The number of benzene rings is 1. The quantitative estimate of drug-likeness (QED) is 0.439. The lowest BCUT2D eigenvalue weighted by atomic mass is 9.69. The molecular formula is C32H49N3O3. The van der Waals surface area contributed by atoms with Crippen LogP contribution in [0.25, 0.3) is 0 Å². The zero-order valence-corrected chi connectivity index (χ0v) is 24.7. The van der Waals surface area contributed by atoms with E-state index in [1.165, 1.54) is 6.42 Å². The van der Waals surface area contributed by atoms with Gasteiger partial charge in [0.2, 0.25) is 0 Å². The summed E-state index contributed by atoms with van der Waals surface area (Å²) in [5.41, 5.74) is 1.11. The van der Waals surface area contributed by atoms with Gasteiger partial charge in [0.25, 0.3) is 5.91 Å². The molecule has 2 fully saturated rings. The first-order valence-electron chi connectivity index (χ1n) is 14.8. The largest absolute Gasteiger partial charge is 0.478 e. The van der Waals surface area contributed by atoms with Crippen molar-refractivity contribution in [3.05, 3.63) is 35.4 Å². The topological polar surface area (TPSA) is 73.2 Å². The van der Waals surface area contributed by atoms with Crippen LogP contribution in [0.4, 0.5) is 0 Å². The van der Waals surface area contributed by atoms with Gasteiger partial charge in [0.05, 0.1) is 11.6 Å². The molecule has 0 aromatic heterocycles. The van der Waals surface area contributed by atoms with Gasteiger partial charge >= 0.3 is 5.97 Å². The zero-order chi connectivity index (χ0) is 27.9. The summed E-state index contributed by atoms with van der Waals surface area (Å²) in [7, 11) is 0. The number of nitrogens with zero attached hydrogens (tertiary/aromatic N) is 3. The van der Waals surface area contributed by atoms with E-state index in [4.69, 9.17) is 4.99 Å². The van der Waals surface area contributed by atoms with E-state index < -0.39 is 11.6 Å². The van der Waals surface area contributed by atoms with Gasteiger partial charge in [0.15, 0.2) is 5.84 Å². The summed E-state index contributed by atoms with van der Waals surface area (Å²) in [5.74, 6) is 0.409. The summed E-state index contributed by atoms with van der Waals surface area (Å²) < 4.78 is 0. The maximum atomic E-state index is 14.5. The smallest absolute Gasteiger partial charge is 0.335 e. The monoisotopic (exact) mass is 523 g/mol. The molecule has 6 nitrogen and oxygen atoms in total. The Balaban J connectivity index is 1.76. The maximum absolute atomic E-state index is 14.5. The molecule has 3 aliphatic rings. The van der Waals surface area contributed by atoms with Crippen LogP contribution in [-0.4, -0.2) is 50.9 Å². The van der Waals surface area contributed by atoms with Gasteiger partial charge < -0.3 is 14.9 Å². The number of hydrogen-bond acceptors (Lipinski definition) is 4. The molecule has 1 spiro atoms. The number of amides is 1. The number of piperidine rings is 1. The van der Waals surface area contributed by atoms with E-state index in [9.17, 15) is 14.7 Å². The molecular weight excluding hydrogens is 474 g/mol. The Hall–Kier alpha value is -2.37. The number of carboxylic acid groups (broad SMARTS) is 1. The number of likely N-dealkylation sites (tertiary alicyclic amines) is 1. The van der Waals surface area contributed by atoms with Crippen LogP contribution in [0.15, 0.2) is 29.3 Å². The standard InChI is InChI=1S/C32H49N3O3/c1-22-10-8-9-21-34(22)27-28(36)35(32(33-27)19-15-25(16-20-32)31(5,6)7)26(17-18-30(2,3)4)23-11-13-24(14-12-23)29(37)38/h11-14,22,25-26H,8-10,15-21H2,1-7H3,(H,37,38)/t22?,25?,26-,32?/m1/s1. The molecule has 1 aromatic carbocycles. The third-order valence-corrected chi connectivity index (χ3v) is 9.28. The highest BCUT2D eigenvalue weighted by Crippen LogP contribution is 2.50. The van der Waals surface area contributed by atoms with Crippen LogP contribution in [0, 0.1) is 16.7 Å². The van der Waals surface area contributed by atoms with E-state index in [0.29, 0.717) is 17.8 Å². The number of aliphatic imine (C=N–C) groups is 1. The van der Waals surface area contributed by atoms with Gasteiger partial charge in [0, 0.05) is 12.6 Å². The summed E-state index contributed by atoms with van der Waals surface area (Å²) >= 11 is 0. The fraction of sp³-hybridized carbons (Fsp3) is 0.719. The maximum Gasteiger partial charge on any atom is 0.335 e. The summed E-state index contributed by atoms with van der Waals surface area (Å²) in [4.78, 5) is 35.8. The highest BCUT2D eigenvalue weighted by molar-refractivity contribution is 6.39. The van der Waals surface area contributed by atoms with E-state index in [-0.39, 0.29) is 28.3 Å². The molecule has 1 saturated heterocycles. The molecule has 0 bridgehead atoms. The summed E-state index contributed by atoms with van der Waals surface area (Å²) in [6.07, 6.45) is 9.05. The molecule has 1 saturated carbocycles. The number of hydrogen-bond donors (Lipinski definition) is 1. The fourth-order valence-electron chi connectivity index (χ4n) is 6.79.